The zero-order valence-corrected chi connectivity index (χ0v) is 11.1. The number of amides is 1. The Labute approximate surface area is 104 Å². The van der Waals surface area contributed by atoms with Gasteiger partial charge in [0, 0.05) is 6.54 Å². The molecule has 4 heteroatoms. The maximum absolute atomic E-state index is 11.1. The van der Waals surface area contributed by atoms with E-state index in [0.717, 1.165) is 19.3 Å². The van der Waals surface area contributed by atoms with Crippen molar-refractivity contribution in [2.75, 3.05) is 13.2 Å². The molecule has 100 valence electrons. The van der Waals surface area contributed by atoms with E-state index in [1.165, 1.54) is 25.7 Å². The van der Waals surface area contributed by atoms with Crippen LogP contribution in [-0.4, -0.2) is 25.0 Å². The molecule has 0 saturated heterocycles. The van der Waals surface area contributed by atoms with Crippen LogP contribution in [0.4, 0.5) is 0 Å². The van der Waals surface area contributed by atoms with Gasteiger partial charge in [0.25, 0.3) is 0 Å². The van der Waals surface area contributed by atoms with E-state index in [1.807, 2.05) is 6.92 Å². The molecule has 1 N–H and O–H groups in total. The number of esters is 1. The van der Waals surface area contributed by atoms with Crippen LogP contribution in [0.15, 0.2) is 0 Å². The van der Waals surface area contributed by atoms with Crippen LogP contribution in [0.25, 0.3) is 0 Å². The minimum atomic E-state index is -0.757. The summed E-state index contributed by atoms with van der Waals surface area (Å²) in [6, 6.07) is 0. The van der Waals surface area contributed by atoms with Crippen molar-refractivity contribution >= 4 is 11.9 Å². The third-order valence-corrected chi connectivity index (χ3v) is 2.45. The highest BCUT2D eigenvalue weighted by atomic mass is 16.5. The van der Waals surface area contributed by atoms with Gasteiger partial charge in [-0.15, -0.1) is 0 Å². The Morgan fingerprint density at radius 3 is 2.24 bits per heavy atom. The van der Waals surface area contributed by atoms with E-state index in [0.29, 0.717) is 13.2 Å². The lowest BCUT2D eigenvalue weighted by Crippen LogP contribution is -2.33. The van der Waals surface area contributed by atoms with Gasteiger partial charge < -0.3 is 10.1 Å². The summed E-state index contributed by atoms with van der Waals surface area (Å²) in [6.45, 7) is 4.98. The summed E-state index contributed by atoms with van der Waals surface area (Å²) in [4.78, 5) is 22.3. The summed E-state index contributed by atoms with van der Waals surface area (Å²) < 4.78 is 4.86. The summed E-state index contributed by atoms with van der Waals surface area (Å²) in [6.07, 6.45) is 7.62. The van der Waals surface area contributed by atoms with Crippen molar-refractivity contribution in [1.29, 1.82) is 0 Å². The van der Waals surface area contributed by atoms with Crippen LogP contribution in [0.2, 0.25) is 0 Å². The molecule has 17 heavy (non-hydrogen) atoms. The molecule has 1 amide bonds. The molecular weight excluding hydrogens is 218 g/mol. The SMILES string of the molecule is CCCCCCCCOC(=O)C(=O)NCCC. The predicted octanol–water partition coefficient (Wildman–Crippen LogP) is 2.42. The topological polar surface area (TPSA) is 55.4 Å². The van der Waals surface area contributed by atoms with E-state index in [9.17, 15) is 9.59 Å². The average Bonchev–Trinajstić information content (AvgIpc) is 2.34. The van der Waals surface area contributed by atoms with Crippen molar-refractivity contribution < 1.29 is 14.3 Å². The van der Waals surface area contributed by atoms with Gasteiger partial charge in [0.1, 0.15) is 0 Å². The second-order valence-electron chi connectivity index (χ2n) is 4.16. The quantitative estimate of drug-likeness (QED) is 0.384. The van der Waals surface area contributed by atoms with Crippen molar-refractivity contribution in [3.63, 3.8) is 0 Å². The smallest absolute Gasteiger partial charge is 0.396 e. The second kappa shape index (κ2) is 11.4. The average molecular weight is 243 g/mol. The van der Waals surface area contributed by atoms with Gasteiger partial charge in [-0.05, 0) is 12.8 Å². The van der Waals surface area contributed by atoms with Crippen LogP contribution >= 0.6 is 0 Å². The lowest BCUT2D eigenvalue weighted by molar-refractivity contribution is -0.155. The fourth-order valence-electron chi connectivity index (χ4n) is 1.42. The monoisotopic (exact) mass is 243 g/mol. The molecule has 0 aromatic carbocycles. The van der Waals surface area contributed by atoms with Crippen molar-refractivity contribution in [2.45, 2.75) is 58.8 Å². The first-order valence-electron chi connectivity index (χ1n) is 6.67. The van der Waals surface area contributed by atoms with E-state index in [2.05, 4.69) is 12.2 Å². The largest absolute Gasteiger partial charge is 0.459 e. The molecule has 0 unspecified atom stereocenters. The van der Waals surface area contributed by atoms with E-state index in [4.69, 9.17) is 4.74 Å². The Hall–Kier alpha value is -1.06. The van der Waals surface area contributed by atoms with Crippen LogP contribution in [0.1, 0.15) is 58.8 Å². The van der Waals surface area contributed by atoms with Gasteiger partial charge in [-0.25, -0.2) is 4.79 Å². The number of hydrogen-bond acceptors (Lipinski definition) is 3. The maximum Gasteiger partial charge on any atom is 0.396 e. The first-order chi connectivity index (χ1) is 8.22. The molecule has 0 fully saturated rings. The Morgan fingerprint density at radius 1 is 0.941 bits per heavy atom. The van der Waals surface area contributed by atoms with E-state index in [-0.39, 0.29) is 0 Å². The lowest BCUT2D eigenvalue weighted by Gasteiger charge is -2.05. The zero-order chi connectivity index (χ0) is 12.9. The van der Waals surface area contributed by atoms with Gasteiger partial charge in [-0.1, -0.05) is 46.0 Å². The van der Waals surface area contributed by atoms with E-state index in [1.54, 1.807) is 0 Å². The molecule has 0 aliphatic carbocycles. The van der Waals surface area contributed by atoms with Crippen LogP contribution < -0.4 is 5.32 Å². The molecular formula is C13H25NO3. The van der Waals surface area contributed by atoms with Crippen molar-refractivity contribution in [3.8, 4) is 0 Å². The molecule has 0 bridgehead atoms. The number of nitrogens with one attached hydrogen (secondary N) is 1. The highest BCUT2D eigenvalue weighted by Crippen LogP contribution is 2.04. The molecule has 0 rings (SSSR count). The Morgan fingerprint density at radius 2 is 1.59 bits per heavy atom. The van der Waals surface area contributed by atoms with Crippen molar-refractivity contribution in [3.05, 3.63) is 0 Å². The molecule has 0 aliphatic rings. The summed E-state index contributed by atoms with van der Waals surface area (Å²) in [5.41, 5.74) is 0. The normalized spacial score (nSPS) is 10.0. The summed E-state index contributed by atoms with van der Waals surface area (Å²) in [7, 11) is 0. The fourth-order valence-corrected chi connectivity index (χ4v) is 1.42. The molecule has 0 heterocycles. The first kappa shape index (κ1) is 15.9. The zero-order valence-electron chi connectivity index (χ0n) is 11.1. The molecule has 0 spiro atoms. The highest BCUT2D eigenvalue weighted by molar-refractivity contribution is 6.32. The van der Waals surface area contributed by atoms with Gasteiger partial charge in [-0.2, -0.15) is 0 Å². The van der Waals surface area contributed by atoms with E-state index >= 15 is 0 Å². The Kier molecular flexibility index (Phi) is 10.7. The molecule has 0 aromatic heterocycles. The number of rotatable bonds is 9. The van der Waals surface area contributed by atoms with Gasteiger partial charge in [-0.3, -0.25) is 4.79 Å². The third-order valence-electron chi connectivity index (χ3n) is 2.45. The van der Waals surface area contributed by atoms with Gasteiger partial charge >= 0.3 is 11.9 Å². The number of carbonyl (C=O) groups excluding carboxylic acids is 2. The molecule has 0 atom stereocenters. The van der Waals surface area contributed by atoms with Crippen molar-refractivity contribution in [1.82, 2.24) is 5.32 Å². The first-order valence-corrected chi connectivity index (χ1v) is 6.67. The van der Waals surface area contributed by atoms with Crippen LogP contribution in [0.3, 0.4) is 0 Å². The van der Waals surface area contributed by atoms with Gasteiger partial charge in [0.2, 0.25) is 0 Å². The van der Waals surface area contributed by atoms with Crippen molar-refractivity contribution in [2.24, 2.45) is 0 Å². The number of carbonyl (C=O) groups is 2. The minimum Gasteiger partial charge on any atom is -0.459 e. The summed E-state index contributed by atoms with van der Waals surface area (Å²) in [5, 5.41) is 2.49. The number of unbranched alkanes of at least 4 members (excludes halogenated alkanes) is 5. The highest BCUT2D eigenvalue weighted by Gasteiger charge is 2.13. The molecule has 4 nitrogen and oxygen atoms in total. The predicted molar refractivity (Wildman–Crippen MR) is 67.6 cm³/mol. The maximum atomic E-state index is 11.1. The number of ether oxygens (including phenoxy) is 1. The van der Waals surface area contributed by atoms with Crippen LogP contribution in [0.5, 0.6) is 0 Å². The number of hydrogen-bond donors (Lipinski definition) is 1. The van der Waals surface area contributed by atoms with Gasteiger partial charge in [0.15, 0.2) is 0 Å². The van der Waals surface area contributed by atoms with E-state index < -0.39 is 11.9 Å². The third kappa shape index (κ3) is 9.85. The standard InChI is InChI=1S/C13H25NO3/c1-3-5-6-7-8-9-11-17-13(16)12(15)14-10-4-2/h3-11H2,1-2H3,(H,14,15). The summed E-state index contributed by atoms with van der Waals surface area (Å²) in [5.74, 6) is -1.38. The molecule has 0 saturated carbocycles. The molecule has 0 aliphatic heterocycles. The molecule has 0 aromatic rings. The fraction of sp³-hybridized carbons (Fsp3) is 0.846. The van der Waals surface area contributed by atoms with Crippen LogP contribution in [-0.2, 0) is 14.3 Å². The second-order valence-corrected chi connectivity index (χ2v) is 4.16. The Bertz CT molecular complexity index is 217. The summed E-state index contributed by atoms with van der Waals surface area (Å²) >= 11 is 0. The molecule has 0 radical (unpaired) electrons. The lowest BCUT2D eigenvalue weighted by atomic mass is 10.1. The minimum absolute atomic E-state index is 0.352. The van der Waals surface area contributed by atoms with Gasteiger partial charge in [0.05, 0.1) is 6.61 Å². The Balaban J connectivity index is 3.35. The van der Waals surface area contributed by atoms with Crippen LogP contribution in [0, 0.1) is 0 Å².